The highest BCUT2D eigenvalue weighted by Crippen LogP contribution is 2.32. The van der Waals surface area contributed by atoms with Crippen LogP contribution >= 0.6 is 23.5 Å². The summed E-state index contributed by atoms with van der Waals surface area (Å²) in [6.45, 7) is 0. The van der Waals surface area contributed by atoms with Crippen molar-refractivity contribution >= 4 is 35.4 Å². The van der Waals surface area contributed by atoms with Crippen LogP contribution in [0.4, 0.5) is 0 Å². The highest BCUT2D eigenvalue weighted by atomic mass is 35.5. The van der Waals surface area contributed by atoms with E-state index in [0.717, 1.165) is 17.5 Å². The zero-order valence-electron chi connectivity index (χ0n) is 11.0. The second-order valence-electron chi connectivity index (χ2n) is 4.62. The molecule has 0 spiro atoms. The van der Waals surface area contributed by atoms with E-state index < -0.39 is 0 Å². The maximum atomic E-state index is 12.2. The van der Waals surface area contributed by atoms with Crippen molar-refractivity contribution in [3.8, 4) is 0 Å². The zero-order valence-corrected chi connectivity index (χ0v) is 12.6. The molecule has 2 aromatic rings. The summed E-state index contributed by atoms with van der Waals surface area (Å²) in [4.78, 5) is 24.4. The van der Waals surface area contributed by atoms with Gasteiger partial charge in [-0.1, -0.05) is 42.5 Å². The normalized spacial score (nSPS) is 15.2. The molecule has 2 amide bonds. The Morgan fingerprint density at radius 2 is 1.43 bits per heavy atom. The number of imide groups is 1. The number of carbonyl (C=O) groups excluding carboxylic acids is 2. The number of benzene rings is 2. The van der Waals surface area contributed by atoms with Crippen LogP contribution in [-0.2, 0) is 0 Å². The van der Waals surface area contributed by atoms with Gasteiger partial charge in [0.25, 0.3) is 11.8 Å². The summed E-state index contributed by atoms with van der Waals surface area (Å²) < 4.78 is 1.20. The Morgan fingerprint density at radius 3 is 2.00 bits per heavy atom. The largest absolute Gasteiger partial charge is 0.271 e. The molecule has 0 N–H and O–H groups in total. The molecule has 0 radical (unpaired) electrons. The average Bonchev–Trinajstić information content (AvgIpc) is 2.78. The summed E-state index contributed by atoms with van der Waals surface area (Å²) in [6, 6.07) is 16.5. The van der Waals surface area contributed by atoms with Gasteiger partial charge in [-0.25, -0.2) is 4.31 Å². The van der Waals surface area contributed by atoms with Crippen molar-refractivity contribution < 1.29 is 9.59 Å². The molecule has 2 aromatic carbocycles. The number of amides is 2. The molecule has 1 aliphatic heterocycles. The number of halogens is 1. The highest BCUT2D eigenvalue weighted by molar-refractivity contribution is 7.98. The highest BCUT2D eigenvalue weighted by Gasteiger charge is 2.36. The van der Waals surface area contributed by atoms with Gasteiger partial charge < -0.3 is 0 Å². The van der Waals surface area contributed by atoms with Crippen molar-refractivity contribution in [3.05, 3.63) is 71.3 Å². The Morgan fingerprint density at radius 1 is 0.905 bits per heavy atom. The van der Waals surface area contributed by atoms with Gasteiger partial charge in [0.05, 0.1) is 16.5 Å². The van der Waals surface area contributed by atoms with Crippen molar-refractivity contribution in [1.82, 2.24) is 4.31 Å². The molecular weight excluding hydrogens is 306 g/mol. The molecule has 3 rings (SSSR count). The van der Waals surface area contributed by atoms with Crippen molar-refractivity contribution in [1.29, 1.82) is 0 Å². The Balaban J connectivity index is 1.70. The number of fused-ring (bicyclic) bond motifs is 1. The van der Waals surface area contributed by atoms with Crippen LogP contribution in [0.2, 0.25) is 0 Å². The number of nitrogens with zero attached hydrogens (tertiary/aromatic N) is 1. The van der Waals surface area contributed by atoms with E-state index in [1.807, 2.05) is 30.3 Å². The predicted molar refractivity (Wildman–Crippen MR) is 84.4 cm³/mol. The maximum absolute atomic E-state index is 12.2. The molecule has 1 atom stereocenters. The molecule has 1 heterocycles. The predicted octanol–water partition coefficient (Wildman–Crippen LogP) is 3.91. The number of alkyl halides is 1. The van der Waals surface area contributed by atoms with Gasteiger partial charge in [0.2, 0.25) is 0 Å². The van der Waals surface area contributed by atoms with Gasteiger partial charge in [0, 0.05) is 5.75 Å². The lowest BCUT2D eigenvalue weighted by atomic mass is 10.1. The van der Waals surface area contributed by atoms with Gasteiger partial charge in [0.15, 0.2) is 0 Å². The molecule has 0 saturated carbocycles. The topological polar surface area (TPSA) is 37.4 Å². The molecule has 0 fully saturated rings. The van der Waals surface area contributed by atoms with Gasteiger partial charge in [-0.15, -0.1) is 11.6 Å². The second kappa shape index (κ2) is 5.92. The van der Waals surface area contributed by atoms with E-state index in [9.17, 15) is 9.59 Å². The molecule has 0 bridgehead atoms. The lowest BCUT2D eigenvalue weighted by Crippen LogP contribution is -2.23. The molecule has 5 heteroatoms. The van der Waals surface area contributed by atoms with E-state index in [-0.39, 0.29) is 17.2 Å². The van der Waals surface area contributed by atoms with E-state index in [0.29, 0.717) is 16.9 Å². The fraction of sp³-hybridized carbons (Fsp3) is 0.125. The molecule has 0 aromatic heterocycles. The maximum Gasteiger partial charge on any atom is 0.271 e. The Hall–Kier alpha value is -1.78. The van der Waals surface area contributed by atoms with E-state index in [4.69, 9.17) is 11.6 Å². The van der Waals surface area contributed by atoms with E-state index in [1.54, 1.807) is 24.3 Å². The Labute approximate surface area is 132 Å². The summed E-state index contributed by atoms with van der Waals surface area (Å²) in [5, 5.41) is -0.250. The third-order valence-electron chi connectivity index (χ3n) is 3.27. The number of hydrogen-bond donors (Lipinski definition) is 0. The number of hydrogen-bond acceptors (Lipinski definition) is 3. The van der Waals surface area contributed by atoms with Gasteiger partial charge >= 0.3 is 0 Å². The summed E-state index contributed by atoms with van der Waals surface area (Å²) in [5.74, 6) is -0.0770. The molecule has 106 valence electrons. The minimum atomic E-state index is -0.266. The van der Waals surface area contributed by atoms with Crippen LogP contribution in [0.1, 0.15) is 31.7 Å². The molecule has 0 saturated heterocycles. The molecule has 0 aliphatic carbocycles. The summed E-state index contributed by atoms with van der Waals surface area (Å²) in [5.41, 5.74) is 1.89. The van der Waals surface area contributed by atoms with Crippen molar-refractivity contribution in [2.24, 2.45) is 0 Å². The smallest absolute Gasteiger partial charge is 0.268 e. The van der Waals surface area contributed by atoms with E-state index in [1.165, 1.54) is 4.31 Å². The second-order valence-corrected chi connectivity index (χ2v) is 6.11. The quantitative estimate of drug-likeness (QED) is 0.487. The Bertz CT molecular complexity index is 655. The van der Waals surface area contributed by atoms with Crippen LogP contribution in [-0.4, -0.2) is 21.9 Å². The molecule has 21 heavy (non-hydrogen) atoms. The number of carbonyl (C=O) groups is 2. The molecule has 1 aliphatic rings. The monoisotopic (exact) mass is 317 g/mol. The summed E-state index contributed by atoms with van der Waals surface area (Å²) in [7, 11) is 0. The average molecular weight is 318 g/mol. The van der Waals surface area contributed by atoms with Crippen LogP contribution in [0.5, 0.6) is 0 Å². The lowest BCUT2D eigenvalue weighted by molar-refractivity contribution is 0.0777. The first-order valence-corrected chi connectivity index (χ1v) is 7.86. The van der Waals surface area contributed by atoms with Crippen LogP contribution < -0.4 is 0 Å². The first kappa shape index (κ1) is 14.2. The first-order valence-electron chi connectivity index (χ1n) is 6.48. The minimum Gasteiger partial charge on any atom is -0.268 e. The fourth-order valence-corrected chi connectivity index (χ4v) is 3.40. The summed E-state index contributed by atoms with van der Waals surface area (Å²) in [6.07, 6.45) is 0. The minimum absolute atomic E-state index is 0.250. The third kappa shape index (κ3) is 2.69. The summed E-state index contributed by atoms with van der Waals surface area (Å²) >= 11 is 7.48. The van der Waals surface area contributed by atoms with Crippen LogP contribution in [0.25, 0.3) is 0 Å². The zero-order chi connectivity index (χ0) is 14.8. The van der Waals surface area contributed by atoms with E-state index >= 15 is 0 Å². The Kier molecular flexibility index (Phi) is 3.99. The van der Waals surface area contributed by atoms with Crippen LogP contribution in [0.15, 0.2) is 54.6 Å². The lowest BCUT2D eigenvalue weighted by Gasteiger charge is -2.15. The van der Waals surface area contributed by atoms with Crippen LogP contribution in [0, 0.1) is 0 Å². The van der Waals surface area contributed by atoms with Crippen molar-refractivity contribution in [2.45, 2.75) is 5.38 Å². The van der Waals surface area contributed by atoms with Crippen molar-refractivity contribution in [2.75, 3.05) is 5.75 Å². The van der Waals surface area contributed by atoms with Gasteiger partial charge in [-0.2, -0.15) is 0 Å². The third-order valence-corrected chi connectivity index (χ3v) is 4.93. The standard InChI is InChI=1S/C16H12ClNO2S/c17-14(11-6-2-1-3-7-11)10-21-18-15(19)12-8-4-5-9-13(12)16(18)20/h1-9,14H,10H2. The van der Waals surface area contributed by atoms with Gasteiger partial charge in [-0.3, -0.25) is 9.59 Å². The van der Waals surface area contributed by atoms with Crippen molar-refractivity contribution in [3.63, 3.8) is 0 Å². The van der Waals surface area contributed by atoms with Crippen LogP contribution in [0.3, 0.4) is 0 Å². The molecular formula is C16H12ClNO2S. The SMILES string of the molecule is O=C1c2ccccc2C(=O)N1SCC(Cl)c1ccccc1. The molecule has 1 unspecified atom stereocenters. The van der Waals surface area contributed by atoms with E-state index in [2.05, 4.69) is 0 Å². The molecule has 3 nitrogen and oxygen atoms in total. The number of rotatable bonds is 4. The van der Waals surface area contributed by atoms with Gasteiger partial charge in [0.1, 0.15) is 0 Å². The first-order chi connectivity index (χ1) is 10.2. The van der Waals surface area contributed by atoms with Gasteiger partial charge in [-0.05, 0) is 29.6 Å². The fourth-order valence-electron chi connectivity index (χ4n) is 2.18.